The van der Waals surface area contributed by atoms with Crippen LogP contribution in [-0.4, -0.2) is 0 Å². The first-order valence-electron chi connectivity index (χ1n) is 14.0. The third-order valence-electron chi connectivity index (χ3n) is 6.57. The molecule has 0 fully saturated rings. The molecular formula is C37H46. The molecule has 1 unspecified atom stereocenters. The Kier molecular flexibility index (Phi) is 12.6. The predicted octanol–water partition coefficient (Wildman–Crippen LogP) is 11.4. The van der Waals surface area contributed by atoms with E-state index in [9.17, 15) is 0 Å². The second-order valence-electron chi connectivity index (χ2n) is 9.32. The minimum absolute atomic E-state index is 0.358. The van der Waals surface area contributed by atoms with Crippen molar-refractivity contribution in [2.75, 3.05) is 0 Å². The van der Waals surface area contributed by atoms with Crippen molar-refractivity contribution in [1.82, 2.24) is 0 Å². The number of hydrogen-bond donors (Lipinski definition) is 0. The van der Waals surface area contributed by atoms with Gasteiger partial charge in [-0.15, -0.1) is 0 Å². The molecule has 1 atom stereocenters. The van der Waals surface area contributed by atoms with Crippen LogP contribution in [0.1, 0.15) is 92.3 Å². The smallest absolute Gasteiger partial charge is 0.00954 e. The highest BCUT2D eigenvalue weighted by Crippen LogP contribution is 2.38. The Morgan fingerprint density at radius 3 is 1.70 bits per heavy atom. The van der Waals surface area contributed by atoms with Crippen LogP contribution in [0.2, 0.25) is 0 Å². The van der Waals surface area contributed by atoms with Gasteiger partial charge in [-0.25, -0.2) is 0 Å². The Morgan fingerprint density at radius 1 is 0.568 bits per heavy atom. The molecule has 0 radical (unpaired) electrons. The lowest BCUT2D eigenvalue weighted by Gasteiger charge is -2.24. The molecule has 0 heterocycles. The summed E-state index contributed by atoms with van der Waals surface area (Å²) in [6, 6.07) is 32.8. The molecule has 0 saturated carbocycles. The molecule has 0 aromatic heterocycles. The summed E-state index contributed by atoms with van der Waals surface area (Å²) in [5, 5.41) is 0. The van der Waals surface area contributed by atoms with E-state index < -0.39 is 0 Å². The summed E-state index contributed by atoms with van der Waals surface area (Å²) in [4.78, 5) is 0. The van der Waals surface area contributed by atoms with E-state index in [1.54, 1.807) is 0 Å². The highest BCUT2D eigenvalue weighted by molar-refractivity contribution is 5.79. The van der Waals surface area contributed by atoms with Gasteiger partial charge >= 0.3 is 0 Å². The Hall–Kier alpha value is -3.38. The molecule has 0 spiro atoms. The summed E-state index contributed by atoms with van der Waals surface area (Å²) in [6.45, 7) is 17.2. The van der Waals surface area contributed by atoms with Crippen LogP contribution in [0.15, 0.2) is 91.0 Å². The van der Waals surface area contributed by atoms with Crippen LogP contribution in [0.25, 0.3) is 23.3 Å². The number of aryl methyl sites for hydroxylation is 2. The monoisotopic (exact) mass is 490 g/mol. The van der Waals surface area contributed by atoms with Crippen molar-refractivity contribution in [2.45, 2.75) is 74.1 Å². The van der Waals surface area contributed by atoms with E-state index in [-0.39, 0.29) is 0 Å². The third kappa shape index (κ3) is 7.80. The molecule has 194 valence electrons. The maximum atomic E-state index is 2.31. The number of hydrogen-bond acceptors (Lipinski definition) is 0. The van der Waals surface area contributed by atoms with Crippen molar-refractivity contribution in [3.05, 3.63) is 130 Å². The van der Waals surface area contributed by atoms with Crippen LogP contribution < -0.4 is 0 Å². The molecule has 4 rings (SSSR count). The summed E-state index contributed by atoms with van der Waals surface area (Å²) in [7, 11) is 0. The van der Waals surface area contributed by atoms with Crippen LogP contribution in [0.4, 0.5) is 0 Å². The van der Waals surface area contributed by atoms with Crippen LogP contribution in [-0.2, 0) is 0 Å². The van der Waals surface area contributed by atoms with Gasteiger partial charge < -0.3 is 0 Å². The molecule has 0 aliphatic heterocycles. The maximum absolute atomic E-state index is 2.31. The normalized spacial score (nSPS) is 11.2. The molecule has 0 amide bonds. The Morgan fingerprint density at radius 2 is 1.11 bits per heavy atom. The zero-order valence-corrected chi connectivity index (χ0v) is 24.3. The highest BCUT2D eigenvalue weighted by atomic mass is 14.2. The summed E-state index contributed by atoms with van der Waals surface area (Å²) >= 11 is 0. The van der Waals surface area contributed by atoms with Crippen molar-refractivity contribution in [2.24, 2.45) is 0 Å². The lowest BCUT2D eigenvalue weighted by molar-refractivity contribution is 0.770. The van der Waals surface area contributed by atoms with E-state index in [2.05, 4.69) is 145 Å². The van der Waals surface area contributed by atoms with E-state index in [0.29, 0.717) is 5.92 Å². The lowest BCUT2D eigenvalue weighted by atomic mass is 9.80. The molecule has 4 aromatic rings. The highest BCUT2D eigenvalue weighted by Gasteiger charge is 2.20. The molecule has 4 aromatic carbocycles. The first-order chi connectivity index (χ1) is 18.0. The van der Waals surface area contributed by atoms with E-state index in [1.165, 1.54) is 56.5 Å². The average Bonchev–Trinajstić information content (AvgIpc) is 2.93. The zero-order chi connectivity index (χ0) is 27.2. The fourth-order valence-electron chi connectivity index (χ4n) is 4.77. The quantitative estimate of drug-likeness (QED) is 0.236. The maximum Gasteiger partial charge on any atom is 0.00954 e. The lowest BCUT2D eigenvalue weighted by Crippen LogP contribution is -2.06. The van der Waals surface area contributed by atoms with Crippen LogP contribution in [0.5, 0.6) is 0 Å². The standard InChI is InChI=1S/C32H32.C3H8.C2H6/c1-5-29(27-16-7-6-8-17-27)32-25(4)31(30-18-12-10-14-24(30)3)22-21-28(32)20-19-26-15-11-9-13-23(26)2;1-3-2;1-2/h6-22,29H,5H2,1-4H3;3H2,1-2H3;1-2H3/b20-19-;;. The summed E-state index contributed by atoms with van der Waals surface area (Å²) in [5.41, 5.74) is 12.0. The molecule has 0 aliphatic rings. The van der Waals surface area contributed by atoms with Crippen LogP contribution >= 0.6 is 0 Å². The van der Waals surface area contributed by atoms with Crippen LogP contribution in [0.3, 0.4) is 0 Å². The second kappa shape index (κ2) is 15.7. The predicted molar refractivity (Wildman–Crippen MR) is 167 cm³/mol. The Balaban J connectivity index is 0.000000898. The van der Waals surface area contributed by atoms with Crippen molar-refractivity contribution < 1.29 is 0 Å². The molecule has 0 heteroatoms. The van der Waals surface area contributed by atoms with Gasteiger partial charge in [0.15, 0.2) is 0 Å². The first kappa shape index (κ1) is 29.8. The molecule has 37 heavy (non-hydrogen) atoms. The Labute approximate surface area is 227 Å². The summed E-state index contributed by atoms with van der Waals surface area (Å²) < 4.78 is 0. The molecule has 0 bridgehead atoms. The largest absolute Gasteiger partial charge is 0.0683 e. The molecule has 0 nitrogen and oxygen atoms in total. The second-order valence-corrected chi connectivity index (χ2v) is 9.32. The van der Waals surface area contributed by atoms with E-state index >= 15 is 0 Å². The summed E-state index contributed by atoms with van der Waals surface area (Å²) in [6.07, 6.45) is 6.88. The molecule has 0 N–H and O–H groups in total. The van der Waals surface area contributed by atoms with Gasteiger partial charge in [-0.1, -0.05) is 144 Å². The van der Waals surface area contributed by atoms with E-state index in [0.717, 1.165) is 6.42 Å². The van der Waals surface area contributed by atoms with Crippen molar-refractivity contribution in [1.29, 1.82) is 0 Å². The van der Waals surface area contributed by atoms with Gasteiger partial charge in [0.05, 0.1) is 0 Å². The van der Waals surface area contributed by atoms with Gasteiger partial charge in [0.2, 0.25) is 0 Å². The fraction of sp³-hybridized carbons (Fsp3) is 0.297. The van der Waals surface area contributed by atoms with Crippen LogP contribution in [0, 0.1) is 20.8 Å². The number of rotatable bonds is 6. The Bertz CT molecular complexity index is 1240. The van der Waals surface area contributed by atoms with Crippen molar-refractivity contribution in [3.63, 3.8) is 0 Å². The minimum Gasteiger partial charge on any atom is -0.0683 e. The van der Waals surface area contributed by atoms with Gasteiger partial charge in [0.25, 0.3) is 0 Å². The van der Waals surface area contributed by atoms with Gasteiger partial charge in [-0.3, -0.25) is 0 Å². The minimum atomic E-state index is 0.358. The van der Waals surface area contributed by atoms with Gasteiger partial charge in [0, 0.05) is 5.92 Å². The summed E-state index contributed by atoms with van der Waals surface area (Å²) in [5.74, 6) is 0.358. The van der Waals surface area contributed by atoms with Crippen molar-refractivity contribution in [3.8, 4) is 11.1 Å². The van der Waals surface area contributed by atoms with Crippen molar-refractivity contribution >= 4 is 12.2 Å². The molecule has 0 saturated heterocycles. The zero-order valence-electron chi connectivity index (χ0n) is 24.3. The van der Waals surface area contributed by atoms with Gasteiger partial charge in [-0.2, -0.15) is 0 Å². The first-order valence-corrected chi connectivity index (χ1v) is 14.0. The average molecular weight is 491 g/mol. The number of benzene rings is 4. The fourth-order valence-corrected chi connectivity index (χ4v) is 4.77. The van der Waals surface area contributed by atoms with E-state index in [1.807, 2.05) is 13.8 Å². The molecular weight excluding hydrogens is 444 g/mol. The third-order valence-corrected chi connectivity index (χ3v) is 6.57. The van der Waals surface area contributed by atoms with E-state index in [4.69, 9.17) is 0 Å². The SMILES string of the molecule is CC.CCC.CCC(c1ccccc1)c1c(/C=C\c2ccccc2C)ccc(-c2ccccc2C)c1C. The molecule has 0 aliphatic carbocycles. The van der Waals surface area contributed by atoms with Gasteiger partial charge in [0.1, 0.15) is 0 Å². The topological polar surface area (TPSA) is 0 Å². The van der Waals surface area contributed by atoms with Gasteiger partial charge in [-0.05, 0) is 77.3 Å².